The van der Waals surface area contributed by atoms with Gasteiger partial charge in [-0.15, -0.1) is 0 Å². The van der Waals surface area contributed by atoms with Crippen LogP contribution in [0.1, 0.15) is 50.8 Å². The summed E-state index contributed by atoms with van der Waals surface area (Å²) in [6.07, 6.45) is 0.492. The molecule has 2 atom stereocenters. The van der Waals surface area contributed by atoms with Crippen LogP contribution in [-0.4, -0.2) is 44.1 Å². The van der Waals surface area contributed by atoms with E-state index in [4.69, 9.17) is 14.2 Å². The Morgan fingerprint density at radius 1 is 1.03 bits per heavy atom. The lowest BCUT2D eigenvalue weighted by molar-refractivity contribution is -0.155. The first kappa shape index (κ1) is 26.1. The van der Waals surface area contributed by atoms with Crippen LogP contribution in [0, 0.1) is 12.8 Å². The zero-order valence-electron chi connectivity index (χ0n) is 21.2. The molecule has 0 bridgehead atoms. The fraction of sp³-hybridized carbons (Fsp3) is 0.444. The first-order chi connectivity index (χ1) is 16.5. The van der Waals surface area contributed by atoms with E-state index in [1.165, 1.54) is 7.11 Å². The van der Waals surface area contributed by atoms with E-state index in [0.29, 0.717) is 29.2 Å². The van der Waals surface area contributed by atoms with Gasteiger partial charge in [0, 0.05) is 17.6 Å². The van der Waals surface area contributed by atoms with Crippen LogP contribution in [0.2, 0.25) is 0 Å². The Bertz CT molecular complexity index is 1070. The van der Waals surface area contributed by atoms with Gasteiger partial charge < -0.3 is 24.4 Å². The molecule has 8 nitrogen and oxygen atoms in total. The van der Waals surface area contributed by atoms with Crippen LogP contribution < -0.4 is 19.7 Å². The zero-order valence-corrected chi connectivity index (χ0v) is 21.2. The summed E-state index contributed by atoms with van der Waals surface area (Å²) in [5, 5.41) is 2.78. The first-order valence-electron chi connectivity index (χ1n) is 11.6. The number of ether oxygens (including phenoxy) is 3. The zero-order chi connectivity index (χ0) is 25.8. The molecule has 1 saturated heterocycles. The van der Waals surface area contributed by atoms with Crippen molar-refractivity contribution in [3.05, 3.63) is 53.6 Å². The van der Waals surface area contributed by atoms with E-state index < -0.39 is 23.5 Å². The number of hydrogen-bond acceptors (Lipinski definition) is 6. The van der Waals surface area contributed by atoms with Gasteiger partial charge in [-0.05, 0) is 63.9 Å². The van der Waals surface area contributed by atoms with Crippen molar-refractivity contribution in [2.24, 2.45) is 5.92 Å². The highest BCUT2D eigenvalue weighted by molar-refractivity contribution is 5.97. The minimum atomic E-state index is -0.672. The Morgan fingerprint density at radius 3 is 2.29 bits per heavy atom. The molecule has 0 aliphatic carbocycles. The van der Waals surface area contributed by atoms with Crippen molar-refractivity contribution in [3.8, 4) is 11.5 Å². The van der Waals surface area contributed by atoms with Crippen molar-refractivity contribution in [2.45, 2.75) is 52.1 Å². The fourth-order valence-electron chi connectivity index (χ4n) is 4.27. The van der Waals surface area contributed by atoms with E-state index in [2.05, 4.69) is 5.32 Å². The van der Waals surface area contributed by atoms with Gasteiger partial charge in [0.25, 0.3) is 5.91 Å². The summed E-state index contributed by atoms with van der Waals surface area (Å²) in [5.74, 6) is -0.645. The summed E-state index contributed by atoms with van der Waals surface area (Å²) in [6.45, 7) is 7.14. The predicted molar refractivity (Wildman–Crippen MR) is 133 cm³/mol. The van der Waals surface area contributed by atoms with Gasteiger partial charge in [-0.2, -0.15) is 0 Å². The standard InChI is InChI=1S/C27H34N2O6/c1-17-7-10-19(11-8-17)29-24(31)14-12-20(26(32)35-16-23(30)28-27(2,3)4)25(29)18-9-13-21(33-5)22(15-18)34-6/h7-11,13,15,20,25H,12,14,16H2,1-6H3,(H,28,30)/t20-,25-/m0/s1. The summed E-state index contributed by atoms with van der Waals surface area (Å²) in [5.41, 5.74) is 2.01. The molecule has 2 aromatic carbocycles. The van der Waals surface area contributed by atoms with Crippen molar-refractivity contribution in [3.63, 3.8) is 0 Å². The third-order valence-electron chi connectivity index (χ3n) is 5.82. The van der Waals surface area contributed by atoms with Gasteiger partial charge in [0.15, 0.2) is 18.1 Å². The molecule has 1 aliphatic heterocycles. The molecule has 1 heterocycles. The van der Waals surface area contributed by atoms with E-state index in [9.17, 15) is 14.4 Å². The molecular weight excluding hydrogens is 448 g/mol. The number of nitrogens with one attached hydrogen (secondary N) is 1. The molecule has 188 valence electrons. The number of hydrogen-bond donors (Lipinski definition) is 1. The summed E-state index contributed by atoms with van der Waals surface area (Å²) < 4.78 is 16.3. The van der Waals surface area contributed by atoms with Crippen LogP contribution in [0.25, 0.3) is 0 Å². The number of esters is 1. The second-order valence-corrected chi connectivity index (χ2v) is 9.71. The second kappa shape index (κ2) is 10.8. The third-order valence-corrected chi connectivity index (χ3v) is 5.82. The molecule has 2 aromatic rings. The Kier molecular flexibility index (Phi) is 8.04. The highest BCUT2D eigenvalue weighted by Gasteiger charge is 2.42. The monoisotopic (exact) mass is 482 g/mol. The lowest BCUT2D eigenvalue weighted by Gasteiger charge is -2.40. The summed E-state index contributed by atoms with van der Waals surface area (Å²) in [7, 11) is 3.08. The SMILES string of the molecule is COc1ccc([C@H]2[C@@H](C(=O)OCC(=O)NC(C)(C)C)CCC(=O)N2c2ccc(C)cc2)cc1OC. The summed E-state index contributed by atoms with van der Waals surface area (Å²) >= 11 is 0. The largest absolute Gasteiger partial charge is 0.493 e. The topological polar surface area (TPSA) is 94.2 Å². The van der Waals surface area contributed by atoms with Gasteiger partial charge in [-0.25, -0.2) is 0 Å². The van der Waals surface area contributed by atoms with Gasteiger partial charge in [0.2, 0.25) is 5.91 Å². The summed E-state index contributed by atoms with van der Waals surface area (Å²) in [6, 6.07) is 12.3. The summed E-state index contributed by atoms with van der Waals surface area (Å²) in [4.78, 5) is 40.3. The smallest absolute Gasteiger partial charge is 0.311 e. The Labute approximate surface area is 206 Å². The minimum absolute atomic E-state index is 0.0943. The third kappa shape index (κ3) is 6.32. The van der Waals surface area contributed by atoms with Gasteiger partial charge >= 0.3 is 5.97 Å². The number of piperidine rings is 1. The Hall–Kier alpha value is -3.55. The predicted octanol–water partition coefficient (Wildman–Crippen LogP) is 3.95. The number of anilines is 1. The normalized spacial score (nSPS) is 18.1. The lowest BCUT2D eigenvalue weighted by Crippen LogP contribution is -2.47. The molecule has 35 heavy (non-hydrogen) atoms. The molecule has 1 fully saturated rings. The van der Waals surface area contributed by atoms with Crippen molar-refractivity contribution >= 4 is 23.5 Å². The quantitative estimate of drug-likeness (QED) is 0.601. The van der Waals surface area contributed by atoms with Crippen LogP contribution in [-0.2, 0) is 19.1 Å². The molecule has 0 aromatic heterocycles. The number of rotatable bonds is 7. The number of methoxy groups -OCH3 is 2. The van der Waals surface area contributed by atoms with Crippen LogP contribution in [0.15, 0.2) is 42.5 Å². The maximum Gasteiger partial charge on any atom is 0.311 e. The van der Waals surface area contributed by atoms with Gasteiger partial charge in [0.05, 0.1) is 26.2 Å². The number of benzene rings is 2. The van der Waals surface area contributed by atoms with E-state index in [-0.39, 0.29) is 24.8 Å². The van der Waals surface area contributed by atoms with Crippen LogP contribution in [0.4, 0.5) is 5.69 Å². The van der Waals surface area contributed by atoms with E-state index in [1.807, 2.05) is 58.0 Å². The van der Waals surface area contributed by atoms with Crippen LogP contribution in [0.3, 0.4) is 0 Å². The highest BCUT2D eigenvalue weighted by Crippen LogP contribution is 2.42. The van der Waals surface area contributed by atoms with E-state index >= 15 is 0 Å². The highest BCUT2D eigenvalue weighted by atomic mass is 16.5. The van der Waals surface area contributed by atoms with Gasteiger partial charge in [0.1, 0.15) is 0 Å². The molecule has 8 heteroatoms. The minimum Gasteiger partial charge on any atom is -0.493 e. The molecule has 0 saturated carbocycles. The molecular formula is C27H34N2O6. The van der Waals surface area contributed by atoms with Gasteiger partial charge in [-0.1, -0.05) is 23.8 Å². The number of nitrogens with zero attached hydrogens (tertiary/aromatic N) is 1. The maximum absolute atomic E-state index is 13.3. The average molecular weight is 483 g/mol. The fourth-order valence-corrected chi connectivity index (χ4v) is 4.27. The molecule has 1 N–H and O–H groups in total. The molecule has 0 unspecified atom stereocenters. The molecule has 0 radical (unpaired) electrons. The van der Waals surface area contributed by atoms with Crippen LogP contribution in [0.5, 0.6) is 11.5 Å². The molecule has 1 aliphatic rings. The average Bonchev–Trinajstić information content (AvgIpc) is 2.81. The lowest BCUT2D eigenvalue weighted by atomic mass is 9.83. The van der Waals surface area contributed by atoms with Crippen molar-refractivity contribution in [1.29, 1.82) is 0 Å². The van der Waals surface area contributed by atoms with Crippen molar-refractivity contribution < 1.29 is 28.6 Å². The van der Waals surface area contributed by atoms with Gasteiger partial charge in [-0.3, -0.25) is 14.4 Å². The first-order valence-corrected chi connectivity index (χ1v) is 11.6. The molecule has 0 spiro atoms. The number of amides is 2. The second-order valence-electron chi connectivity index (χ2n) is 9.71. The Morgan fingerprint density at radius 2 is 1.69 bits per heavy atom. The molecule has 3 rings (SSSR count). The van der Waals surface area contributed by atoms with Crippen molar-refractivity contribution in [1.82, 2.24) is 5.32 Å². The number of aryl methyl sites for hydroxylation is 1. The molecule has 2 amide bonds. The van der Waals surface area contributed by atoms with E-state index in [0.717, 1.165) is 5.56 Å². The maximum atomic E-state index is 13.3. The number of carbonyl (C=O) groups is 3. The Balaban J connectivity index is 1.98. The van der Waals surface area contributed by atoms with Crippen molar-refractivity contribution in [2.75, 3.05) is 25.7 Å². The number of carbonyl (C=O) groups excluding carboxylic acids is 3. The van der Waals surface area contributed by atoms with Crippen LogP contribution >= 0.6 is 0 Å². The van der Waals surface area contributed by atoms with E-state index in [1.54, 1.807) is 24.1 Å².